The van der Waals surface area contributed by atoms with Crippen molar-refractivity contribution in [2.45, 2.75) is 18.9 Å². The van der Waals surface area contributed by atoms with Crippen LogP contribution in [0.5, 0.6) is 11.5 Å². The van der Waals surface area contributed by atoms with Crippen LogP contribution < -0.4 is 10.1 Å². The summed E-state index contributed by atoms with van der Waals surface area (Å²) in [5.74, 6) is 2.32. The lowest BCUT2D eigenvalue weighted by molar-refractivity contribution is 0.480. The minimum atomic E-state index is 0. The van der Waals surface area contributed by atoms with Gasteiger partial charge < -0.3 is 10.1 Å². The zero-order chi connectivity index (χ0) is 14.1. The molecular formula is C18H20Cl2N2O. The van der Waals surface area contributed by atoms with Gasteiger partial charge in [-0.25, -0.2) is 0 Å². The van der Waals surface area contributed by atoms with E-state index in [-0.39, 0.29) is 24.8 Å². The van der Waals surface area contributed by atoms with E-state index in [1.54, 1.807) is 6.20 Å². The summed E-state index contributed by atoms with van der Waals surface area (Å²) in [4.78, 5) is 4.34. The Hall–Kier alpha value is -1.55. The number of nitrogens with zero attached hydrogens (tertiary/aromatic N) is 1. The molecule has 1 aromatic heterocycles. The summed E-state index contributed by atoms with van der Waals surface area (Å²) < 4.78 is 5.87. The van der Waals surface area contributed by atoms with Gasteiger partial charge in [-0.1, -0.05) is 24.3 Å². The highest BCUT2D eigenvalue weighted by Gasteiger charge is 2.28. The fourth-order valence-corrected chi connectivity index (χ4v) is 3.24. The molecule has 0 saturated carbocycles. The molecule has 1 aliphatic heterocycles. The Morgan fingerprint density at radius 2 is 1.87 bits per heavy atom. The van der Waals surface area contributed by atoms with Gasteiger partial charge in [-0.15, -0.1) is 24.8 Å². The number of fused-ring (bicyclic) bond motifs is 2. The lowest BCUT2D eigenvalue weighted by Gasteiger charge is -2.19. The first-order valence-electron chi connectivity index (χ1n) is 7.49. The molecule has 122 valence electrons. The highest BCUT2D eigenvalue weighted by atomic mass is 35.5. The van der Waals surface area contributed by atoms with Gasteiger partial charge in [0.2, 0.25) is 0 Å². The van der Waals surface area contributed by atoms with Gasteiger partial charge in [0.1, 0.15) is 11.5 Å². The molecule has 4 rings (SSSR count). The predicted molar refractivity (Wildman–Crippen MR) is 97.7 cm³/mol. The Bertz CT molecular complexity index is 676. The molecule has 5 heteroatoms. The summed E-state index contributed by atoms with van der Waals surface area (Å²) >= 11 is 0. The molecule has 1 N–H and O–H groups in total. The van der Waals surface area contributed by atoms with E-state index in [1.807, 2.05) is 36.5 Å². The first-order chi connectivity index (χ1) is 10.4. The third kappa shape index (κ3) is 4.05. The van der Waals surface area contributed by atoms with Crippen molar-refractivity contribution in [1.82, 2.24) is 10.3 Å². The molecule has 1 fully saturated rings. The maximum atomic E-state index is 5.87. The van der Waals surface area contributed by atoms with Crippen LogP contribution >= 0.6 is 24.8 Å². The Kier molecular flexibility index (Phi) is 6.05. The van der Waals surface area contributed by atoms with Crippen LogP contribution in [0.3, 0.4) is 0 Å². The third-order valence-corrected chi connectivity index (χ3v) is 4.22. The Morgan fingerprint density at radius 3 is 2.65 bits per heavy atom. The second kappa shape index (κ2) is 7.82. The standard InChI is InChI=1S/C18H18N2O.2ClH/c1-2-4-17(5-3-1)21-18-9-15(11-19-12-18)14-6-13-7-16(8-14)20-10-13;;/h1-6,9,11-13,16,20H,7-8,10H2;2*1H. The van der Waals surface area contributed by atoms with Crippen LogP contribution in [0.1, 0.15) is 18.4 Å². The molecule has 1 aliphatic carbocycles. The average Bonchev–Trinajstić information content (AvgIpc) is 2.87. The summed E-state index contributed by atoms with van der Waals surface area (Å²) in [7, 11) is 0. The maximum absolute atomic E-state index is 5.87. The van der Waals surface area contributed by atoms with Gasteiger partial charge in [0.05, 0.1) is 6.20 Å². The largest absolute Gasteiger partial charge is 0.456 e. The molecule has 23 heavy (non-hydrogen) atoms. The van der Waals surface area contributed by atoms with Crippen molar-refractivity contribution in [3.05, 3.63) is 60.4 Å². The summed E-state index contributed by atoms with van der Waals surface area (Å²) in [6, 6.07) is 12.6. The summed E-state index contributed by atoms with van der Waals surface area (Å²) in [5.41, 5.74) is 2.58. The first-order valence-corrected chi connectivity index (χ1v) is 7.49. The monoisotopic (exact) mass is 350 g/mol. The van der Waals surface area contributed by atoms with Crippen LogP contribution in [0, 0.1) is 5.92 Å². The van der Waals surface area contributed by atoms with Crippen molar-refractivity contribution in [1.29, 1.82) is 0 Å². The van der Waals surface area contributed by atoms with E-state index in [2.05, 4.69) is 22.4 Å². The molecule has 2 bridgehead atoms. The number of rotatable bonds is 3. The van der Waals surface area contributed by atoms with E-state index < -0.39 is 0 Å². The fourth-order valence-electron chi connectivity index (χ4n) is 3.24. The third-order valence-electron chi connectivity index (χ3n) is 4.22. The van der Waals surface area contributed by atoms with Gasteiger partial charge in [-0.3, -0.25) is 4.98 Å². The van der Waals surface area contributed by atoms with Gasteiger partial charge in [-0.2, -0.15) is 0 Å². The number of para-hydroxylation sites is 1. The lowest BCUT2D eigenvalue weighted by Crippen LogP contribution is -2.21. The van der Waals surface area contributed by atoms with E-state index in [9.17, 15) is 0 Å². The van der Waals surface area contributed by atoms with E-state index in [0.29, 0.717) is 12.0 Å². The second-order valence-corrected chi connectivity index (χ2v) is 5.82. The SMILES string of the molecule is C1=C(c2cncc(Oc3ccccc3)c2)CC2CC1CN2.Cl.Cl. The molecule has 1 aromatic carbocycles. The van der Waals surface area contributed by atoms with Gasteiger partial charge in [0, 0.05) is 18.8 Å². The normalized spacial score (nSPS) is 21.7. The molecule has 2 aliphatic rings. The number of ether oxygens (including phenoxy) is 1. The van der Waals surface area contributed by atoms with Crippen molar-refractivity contribution < 1.29 is 4.74 Å². The smallest absolute Gasteiger partial charge is 0.146 e. The topological polar surface area (TPSA) is 34.1 Å². The van der Waals surface area contributed by atoms with Crippen LogP contribution in [0.15, 0.2) is 54.9 Å². The molecule has 3 nitrogen and oxygen atoms in total. The van der Waals surface area contributed by atoms with E-state index in [0.717, 1.165) is 24.5 Å². The van der Waals surface area contributed by atoms with Crippen molar-refractivity contribution >= 4 is 30.4 Å². The van der Waals surface area contributed by atoms with Gasteiger partial charge in [0.15, 0.2) is 0 Å². The van der Waals surface area contributed by atoms with Gasteiger partial charge in [0.25, 0.3) is 0 Å². The van der Waals surface area contributed by atoms with Crippen LogP contribution in [0.25, 0.3) is 5.57 Å². The molecule has 0 spiro atoms. The van der Waals surface area contributed by atoms with Crippen molar-refractivity contribution in [2.24, 2.45) is 5.92 Å². The Balaban J connectivity index is 0.000000960. The summed E-state index contributed by atoms with van der Waals surface area (Å²) in [6.07, 6.45) is 8.48. The van der Waals surface area contributed by atoms with Gasteiger partial charge >= 0.3 is 0 Å². The number of benzene rings is 1. The van der Waals surface area contributed by atoms with Crippen molar-refractivity contribution in [3.63, 3.8) is 0 Å². The molecule has 2 aromatic rings. The zero-order valence-corrected chi connectivity index (χ0v) is 14.3. The Morgan fingerprint density at radius 1 is 1.04 bits per heavy atom. The number of hydrogen-bond acceptors (Lipinski definition) is 3. The molecule has 0 radical (unpaired) electrons. The van der Waals surface area contributed by atoms with Crippen molar-refractivity contribution in [2.75, 3.05) is 6.54 Å². The number of hydrogen-bond donors (Lipinski definition) is 1. The van der Waals surface area contributed by atoms with E-state index in [1.165, 1.54) is 17.6 Å². The summed E-state index contributed by atoms with van der Waals surface area (Å²) in [6.45, 7) is 1.11. The second-order valence-electron chi connectivity index (χ2n) is 5.82. The number of halogens is 2. The first kappa shape index (κ1) is 17.8. The molecule has 0 amide bonds. The van der Waals surface area contributed by atoms with Crippen LogP contribution in [-0.2, 0) is 0 Å². The van der Waals surface area contributed by atoms with Gasteiger partial charge in [-0.05, 0) is 48.1 Å². The zero-order valence-electron chi connectivity index (χ0n) is 12.6. The average molecular weight is 351 g/mol. The molecule has 1 saturated heterocycles. The van der Waals surface area contributed by atoms with E-state index >= 15 is 0 Å². The fraction of sp³-hybridized carbons (Fsp3) is 0.278. The van der Waals surface area contributed by atoms with Crippen LogP contribution in [-0.4, -0.2) is 17.6 Å². The maximum Gasteiger partial charge on any atom is 0.146 e. The number of aromatic nitrogens is 1. The molecule has 2 atom stereocenters. The number of nitrogens with one attached hydrogen (secondary N) is 1. The Labute approximate surface area is 149 Å². The van der Waals surface area contributed by atoms with E-state index in [4.69, 9.17) is 4.74 Å². The minimum Gasteiger partial charge on any atom is -0.456 e. The number of pyridine rings is 1. The van der Waals surface area contributed by atoms with Crippen LogP contribution in [0.4, 0.5) is 0 Å². The molecule has 2 heterocycles. The molecule has 2 unspecified atom stereocenters. The van der Waals surface area contributed by atoms with Crippen molar-refractivity contribution in [3.8, 4) is 11.5 Å². The highest BCUT2D eigenvalue weighted by molar-refractivity contribution is 5.85. The highest BCUT2D eigenvalue weighted by Crippen LogP contribution is 2.34. The lowest BCUT2D eigenvalue weighted by atomic mass is 9.88. The summed E-state index contributed by atoms with van der Waals surface area (Å²) in [5, 5.41) is 3.57. The quantitative estimate of drug-likeness (QED) is 0.885. The molecular weight excluding hydrogens is 331 g/mol. The van der Waals surface area contributed by atoms with Crippen LogP contribution in [0.2, 0.25) is 0 Å². The predicted octanol–water partition coefficient (Wildman–Crippen LogP) is 4.48. The minimum absolute atomic E-state index is 0.